The van der Waals surface area contributed by atoms with Gasteiger partial charge in [0.15, 0.2) is 0 Å². The minimum absolute atomic E-state index is 0.00971. The van der Waals surface area contributed by atoms with Gasteiger partial charge in [0.1, 0.15) is 0 Å². The van der Waals surface area contributed by atoms with Crippen LogP contribution in [-0.2, 0) is 23.1 Å². The van der Waals surface area contributed by atoms with E-state index >= 15 is 0 Å². The van der Waals surface area contributed by atoms with Crippen molar-refractivity contribution in [3.8, 4) is 0 Å². The first kappa shape index (κ1) is 15.4. The van der Waals surface area contributed by atoms with E-state index in [4.69, 9.17) is 13.8 Å². The molecule has 6 heteroatoms. The summed E-state index contributed by atoms with van der Waals surface area (Å²) in [6.45, 7) is 7.68. The van der Waals surface area contributed by atoms with Crippen molar-refractivity contribution in [3.05, 3.63) is 11.6 Å². The monoisotopic (exact) mass is 276 g/mol. The average molecular weight is 276 g/mol. The van der Waals surface area contributed by atoms with Crippen molar-refractivity contribution in [1.29, 1.82) is 0 Å². The predicted molar refractivity (Wildman–Crippen MR) is 68.0 cm³/mol. The van der Waals surface area contributed by atoms with E-state index in [0.717, 1.165) is 6.42 Å². The Morgan fingerprint density at radius 3 is 2.28 bits per heavy atom. The molecule has 0 aromatic heterocycles. The third kappa shape index (κ3) is 3.22. The van der Waals surface area contributed by atoms with E-state index in [-0.39, 0.29) is 36.5 Å². The molecule has 5 nitrogen and oxygen atoms in total. The number of esters is 1. The summed E-state index contributed by atoms with van der Waals surface area (Å²) >= 11 is 0. The van der Waals surface area contributed by atoms with Gasteiger partial charge in [-0.05, 0) is 32.3 Å². The van der Waals surface area contributed by atoms with Crippen LogP contribution in [0, 0.1) is 11.8 Å². The van der Waals surface area contributed by atoms with Crippen molar-refractivity contribution in [2.75, 3.05) is 13.2 Å². The van der Waals surface area contributed by atoms with Crippen molar-refractivity contribution in [1.82, 2.24) is 0 Å². The van der Waals surface area contributed by atoms with Crippen molar-refractivity contribution in [2.24, 2.45) is 11.8 Å². The molecule has 0 fully saturated rings. The van der Waals surface area contributed by atoms with E-state index < -0.39 is 7.60 Å². The van der Waals surface area contributed by atoms with Gasteiger partial charge in [-0.1, -0.05) is 13.8 Å². The minimum Gasteiger partial charge on any atom is -0.418 e. The second-order valence-electron chi connectivity index (χ2n) is 4.12. The van der Waals surface area contributed by atoms with Crippen LogP contribution in [0.25, 0.3) is 0 Å². The molecule has 0 radical (unpaired) electrons. The van der Waals surface area contributed by atoms with E-state index in [9.17, 15) is 9.36 Å². The van der Waals surface area contributed by atoms with Gasteiger partial charge in [0.25, 0.3) is 0 Å². The van der Waals surface area contributed by atoms with Crippen LogP contribution in [0.15, 0.2) is 11.6 Å². The van der Waals surface area contributed by atoms with E-state index in [0.29, 0.717) is 0 Å². The van der Waals surface area contributed by atoms with Gasteiger partial charge < -0.3 is 13.8 Å². The molecular weight excluding hydrogens is 255 g/mol. The lowest BCUT2D eigenvalue weighted by Crippen LogP contribution is -2.27. The summed E-state index contributed by atoms with van der Waals surface area (Å²) < 4.78 is 27.9. The predicted octanol–water partition coefficient (Wildman–Crippen LogP) is 3.31. The van der Waals surface area contributed by atoms with Crippen molar-refractivity contribution in [2.45, 2.75) is 34.1 Å². The fourth-order valence-electron chi connectivity index (χ4n) is 1.86. The summed E-state index contributed by atoms with van der Waals surface area (Å²) in [5.74, 6) is -0.593. The lowest BCUT2D eigenvalue weighted by atomic mass is 9.91. The molecule has 0 saturated heterocycles. The lowest BCUT2D eigenvalue weighted by molar-refractivity contribution is -0.146. The van der Waals surface area contributed by atoms with Crippen LogP contribution in [0.5, 0.6) is 0 Å². The van der Waals surface area contributed by atoms with Gasteiger partial charge in [-0.3, -0.25) is 9.36 Å². The molecule has 1 heterocycles. The van der Waals surface area contributed by atoms with Crippen LogP contribution in [-0.4, -0.2) is 19.2 Å². The van der Waals surface area contributed by atoms with Gasteiger partial charge in [0.05, 0.1) is 19.1 Å². The Labute approximate surface area is 108 Å². The zero-order chi connectivity index (χ0) is 13.8. The maximum atomic E-state index is 12.5. The SMILES string of the molecule is CCOP(=O)(OCC)C1=C[C@H](CC)[C@@H](C)C(=O)O1. The zero-order valence-corrected chi connectivity index (χ0v) is 12.2. The van der Waals surface area contributed by atoms with Gasteiger partial charge in [-0.2, -0.15) is 0 Å². The number of hydrogen-bond donors (Lipinski definition) is 0. The summed E-state index contributed by atoms with van der Waals surface area (Å²) in [7, 11) is -3.49. The summed E-state index contributed by atoms with van der Waals surface area (Å²) in [6.07, 6.45) is 2.48. The summed E-state index contributed by atoms with van der Waals surface area (Å²) in [5.41, 5.74) is 0.0427. The topological polar surface area (TPSA) is 61.8 Å². The number of cyclic esters (lactones) is 1. The third-order valence-electron chi connectivity index (χ3n) is 2.92. The van der Waals surface area contributed by atoms with Crippen molar-refractivity contribution >= 4 is 13.6 Å². The minimum atomic E-state index is -3.49. The Balaban J connectivity index is 3.05. The van der Waals surface area contributed by atoms with Crippen LogP contribution in [0.2, 0.25) is 0 Å². The number of carbonyl (C=O) groups is 1. The third-order valence-corrected chi connectivity index (χ3v) is 4.89. The van der Waals surface area contributed by atoms with Crippen molar-refractivity contribution in [3.63, 3.8) is 0 Å². The Morgan fingerprint density at radius 2 is 1.83 bits per heavy atom. The second kappa shape index (κ2) is 6.50. The van der Waals surface area contributed by atoms with E-state index in [1.54, 1.807) is 26.8 Å². The Bertz CT molecular complexity index is 367. The van der Waals surface area contributed by atoms with Gasteiger partial charge in [-0.25, -0.2) is 0 Å². The molecule has 1 aliphatic rings. The molecule has 1 aliphatic heterocycles. The number of allylic oxidation sites excluding steroid dienone is 1. The van der Waals surface area contributed by atoms with Gasteiger partial charge in [0.2, 0.25) is 5.50 Å². The molecular formula is C12H21O5P. The Kier molecular flexibility index (Phi) is 5.57. The lowest BCUT2D eigenvalue weighted by Gasteiger charge is -2.28. The number of ether oxygens (including phenoxy) is 1. The molecule has 0 aromatic rings. The highest BCUT2D eigenvalue weighted by Gasteiger charge is 2.39. The maximum absolute atomic E-state index is 12.5. The molecule has 0 aromatic carbocycles. The molecule has 2 atom stereocenters. The molecule has 0 spiro atoms. The largest absolute Gasteiger partial charge is 0.418 e. The van der Waals surface area contributed by atoms with Gasteiger partial charge in [-0.15, -0.1) is 0 Å². The Hall–Kier alpha value is -0.640. The first-order valence-corrected chi connectivity index (χ1v) is 7.85. The molecule has 0 amide bonds. The average Bonchev–Trinajstić information content (AvgIpc) is 2.33. The highest BCUT2D eigenvalue weighted by atomic mass is 31.2. The summed E-state index contributed by atoms with van der Waals surface area (Å²) in [6, 6.07) is 0. The van der Waals surface area contributed by atoms with Gasteiger partial charge >= 0.3 is 13.6 Å². The molecule has 18 heavy (non-hydrogen) atoms. The first-order chi connectivity index (χ1) is 8.48. The van der Waals surface area contributed by atoms with Crippen LogP contribution in [0.1, 0.15) is 34.1 Å². The standard InChI is InChI=1S/C12H21O5P/c1-5-10-8-11(17-12(13)9(10)4)18(14,15-6-2)16-7-3/h8-10H,5-7H2,1-4H3/t9-,10+/m1/s1. The molecule has 0 bridgehead atoms. The highest BCUT2D eigenvalue weighted by molar-refractivity contribution is 7.58. The van der Waals surface area contributed by atoms with E-state index in [1.165, 1.54) is 0 Å². The fourth-order valence-corrected chi connectivity index (χ4v) is 3.44. The van der Waals surface area contributed by atoms with Crippen molar-refractivity contribution < 1.29 is 23.1 Å². The van der Waals surface area contributed by atoms with E-state index in [1.807, 2.05) is 6.92 Å². The molecule has 1 rings (SSSR count). The fraction of sp³-hybridized carbons (Fsp3) is 0.750. The van der Waals surface area contributed by atoms with E-state index in [2.05, 4.69) is 0 Å². The van der Waals surface area contributed by atoms with Crippen LogP contribution < -0.4 is 0 Å². The van der Waals surface area contributed by atoms with Crippen LogP contribution >= 0.6 is 7.60 Å². The summed E-state index contributed by atoms with van der Waals surface area (Å²) in [4.78, 5) is 11.7. The van der Waals surface area contributed by atoms with Crippen LogP contribution in [0.3, 0.4) is 0 Å². The number of hydrogen-bond acceptors (Lipinski definition) is 5. The van der Waals surface area contributed by atoms with Gasteiger partial charge in [0, 0.05) is 0 Å². The first-order valence-electron chi connectivity index (χ1n) is 6.31. The smallest absolute Gasteiger partial charge is 0.396 e. The molecule has 0 saturated carbocycles. The normalized spacial score (nSPS) is 24.7. The maximum Gasteiger partial charge on any atom is 0.396 e. The number of carbonyl (C=O) groups excluding carboxylic acids is 1. The zero-order valence-electron chi connectivity index (χ0n) is 11.3. The highest BCUT2D eigenvalue weighted by Crippen LogP contribution is 2.58. The number of rotatable bonds is 6. The quantitative estimate of drug-likeness (QED) is 0.550. The second-order valence-corrected chi connectivity index (χ2v) is 6.07. The molecule has 104 valence electrons. The molecule has 0 unspecified atom stereocenters. The Morgan fingerprint density at radius 1 is 1.28 bits per heavy atom. The molecule has 0 aliphatic carbocycles. The van der Waals surface area contributed by atoms with Crippen LogP contribution in [0.4, 0.5) is 0 Å². The summed E-state index contributed by atoms with van der Waals surface area (Å²) in [5, 5.41) is 0. The molecule has 0 N–H and O–H groups in total.